The van der Waals surface area contributed by atoms with Gasteiger partial charge in [-0.25, -0.2) is 0 Å². The third-order valence-corrected chi connectivity index (χ3v) is 11.8. The average Bonchev–Trinajstić information content (AvgIpc) is 3.23. The van der Waals surface area contributed by atoms with Crippen LogP contribution in [0.25, 0.3) is 0 Å². The van der Waals surface area contributed by atoms with Crippen LogP contribution in [-0.4, -0.2) is 37.2 Å². The Hall–Kier alpha value is -1.85. The van der Waals surface area contributed by atoms with Crippen molar-refractivity contribution >= 4 is 17.9 Å². The van der Waals surface area contributed by atoms with E-state index in [-0.39, 0.29) is 31.1 Å². The van der Waals surface area contributed by atoms with Gasteiger partial charge in [0.1, 0.15) is 13.2 Å². The number of allylic oxidation sites excluding steroid dienone is 2. The van der Waals surface area contributed by atoms with Gasteiger partial charge in [-0.1, -0.05) is 238 Å². The molecule has 6 nitrogen and oxygen atoms in total. The van der Waals surface area contributed by atoms with E-state index in [2.05, 4.69) is 32.9 Å². The Kier molecular flexibility index (Phi) is 47.3. The van der Waals surface area contributed by atoms with Gasteiger partial charge in [-0.3, -0.25) is 14.4 Å². The molecule has 6 heteroatoms. The number of carbonyl (C=O) groups is 3. The summed E-state index contributed by atoms with van der Waals surface area (Å²) in [4.78, 5) is 37.6. The van der Waals surface area contributed by atoms with Gasteiger partial charge in [0.2, 0.25) is 0 Å². The second-order valence-corrected chi connectivity index (χ2v) is 17.8. The van der Waals surface area contributed by atoms with E-state index in [0.717, 1.165) is 57.8 Å². The number of unbranched alkanes of at least 4 members (excludes halogenated alkanes) is 35. The van der Waals surface area contributed by atoms with Crippen LogP contribution in [0.1, 0.15) is 290 Å². The predicted molar refractivity (Wildman–Crippen MR) is 252 cm³/mol. The summed E-state index contributed by atoms with van der Waals surface area (Å²) in [5, 5.41) is 0. The first kappa shape index (κ1) is 57.1. The standard InChI is InChI=1S/C53H100O6/c1-4-7-10-13-16-19-20-21-22-23-24-25-26-27-28-29-30-31-32-33-34-35-38-40-43-46-52(55)58-49-50(59-53(56)47-44-41-37-18-15-12-9-6-3)48-57-51(54)45-42-39-36-17-14-11-8-5-2/h23-24,50H,4-22,25-49H2,1-3H3/b24-23-. The Morgan fingerprint density at radius 2 is 0.559 bits per heavy atom. The molecule has 0 saturated heterocycles. The van der Waals surface area contributed by atoms with E-state index in [1.165, 1.54) is 193 Å². The maximum absolute atomic E-state index is 12.6. The van der Waals surface area contributed by atoms with Gasteiger partial charge in [0.15, 0.2) is 6.10 Å². The molecule has 0 aromatic rings. The number of hydrogen-bond donors (Lipinski definition) is 0. The smallest absolute Gasteiger partial charge is 0.306 e. The largest absolute Gasteiger partial charge is 0.462 e. The summed E-state index contributed by atoms with van der Waals surface area (Å²) in [5.41, 5.74) is 0. The molecule has 0 fully saturated rings. The van der Waals surface area contributed by atoms with Crippen molar-refractivity contribution in [1.29, 1.82) is 0 Å². The van der Waals surface area contributed by atoms with Crippen LogP contribution in [0.2, 0.25) is 0 Å². The molecular formula is C53H100O6. The zero-order valence-corrected chi connectivity index (χ0v) is 39.8. The molecule has 0 bridgehead atoms. The summed E-state index contributed by atoms with van der Waals surface area (Å²) in [6.07, 6.45) is 53.8. The topological polar surface area (TPSA) is 78.9 Å². The van der Waals surface area contributed by atoms with Crippen LogP contribution >= 0.6 is 0 Å². The first-order valence-corrected chi connectivity index (χ1v) is 26.2. The van der Waals surface area contributed by atoms with E-state index in [1.54, 1.807) is 0 Å². The first-order valence-electron chi connectivity index (χ1n) is 26.2. The van der Waals surface area contributed by atoms with E-state index in [4.69, 9.17) is 14.2 Å². The molecule has 0 aromatic carbocycles. The molecule has 0 radical (unpaired) electrons. The fourth-order valence-corrected chi connectivity index (χ4v) is 7.79. The predicted octanol–water partition coefficient (Wildman–Crippen LogP) is 17.0. The van der Waals surface area contributed by atoms with Crippen molar-refractivity contribution < 1.29 is 28.6 Å². The van der Waals surface area contributed by atoms with Gasteiger partial charge in [0.05, 0.1) is 0 Å². The van der Waals surface area contributed by atoms with Crippen molar-refractivity contribution in [1.82, 2.24) is 0 Å². The third kappa shape index (κ3) is 47.1. The minimum atomic E-state index is -0.760. The van der Waals surface area contributed by atoms with E-state index in [9.17, 15) is 14.4 Å². The van der Waals surface area contributed by atoms with Crippen molar-refractivity contribution in [2.24, 2.45) is 0 Å². The third-order valence-electron chi connectivity index (χ3n) is 11.8. The number of esters is 3. The molecule has 348 valence electrons. The minimum Gasteiger partial charge on any atom is -0.462 e. The molecule has 0 aliphatic carbocycles. The van der Waals surface area contributed by atoms with Crippen LogP contribution < -0.4 is 0 Å². The van der Waals surface area contributed by atoms with Crippen LogP contribution in [0, 0.1) is 0 Å². The van der Waals surface area contributed by atoms with Crippen LogP contribution in [-0.2, 0) is 28.6 Å². The molecule has 0 aliphatic heterocycles. The van der Waals surface area contributed by atoms with Crippen molar-refractivity contribution in [2.75, 3.05) is 13.2 Å². The first-order chi connectivity index (χ1) is 29.0. The maximum Gasteiger partial charge on any atom is 0.306 e. The highest BCUT2D eigenvalue weighted by Crippen LogP contribution is 2.16. The molecule has 0 spiro atoms. The highest BCUT2D eigenvalue weighted by molar-refractivity contribution is 5.71. The molecule has 0 aromatic heterocycles. The van der Waals surface area contributed by atoms with Crippen LogP contribution in [0.3, 0.4) is 0 Å². The summed E-state index contributed by atoms with van der Waals surface area (Å²) in [6.45, 7) is 6.60. The molecule has 59 heavy (non-hydrogen) atoms. The van der Waals surface area contributed by atoms with Gasteiger partial charge in [-0.05, 0) is 44.9 Å². The van der Waals surface area contributed by atoms with E-state index in [1.807, 2.05) is 0 Å². The number of rotatable bonds is 48. The number of hydrogen-bond acceptors (Lipinski definition) is 6. The van der Waals surface area contributed by atoms with Crippen LogP contribution in [0.15, 0.2) is 12.2 Å². The fraction of sp³-hybridized carbons (Fsp3) is 0.906. The van der Waals surface area contributed by atoms with Crippen molar-refractivity contribution in [3.63, 3.8) is 0 Å². The molecule has 0 rings (SSSR count). The van der Waals surface area contributed by atoms with Crippen molar-refractivity contribution in [3.8, 4) is 0 Å². The van der Waals surface area contributed by atoms with Crippen molar-refractivity contribution in [3.05, 3.63) is 12.2 Å². The van der Waals surface area contributed by atoms with Crippen LogP contribution in [0.4, 0.5) is 0 Å². The Morgan fingerprint density at radius 3 is 0.847 bits per heavy atom. The molecular weight excluding hydrogens is 733 g/mol. The quantitative estimate of drug-likeness (QED) is 0.0263. The monoisotopic (exact) mass is 833 g/mol. The Morgan fingerprint density at radius 1 is 0.322 bits per heavy atom. The zero-order valence-electron chi connectivity index (χ0n) is 39.8. The number of ether oxygens (including phenoxy) is 3. The van der Waals surface area contributed by atoms with E-state index >= 15 is 0 Å². The van der Waals surface area contributed by atoms with E-state index < -0.39 is 6.10 Å². The van der Waals surface area contributed by atoms with Gasteiger partial charge >= 0.3 is 17.9 Å². The second kappa shape index (κ2) is 48.8. The highest BCUT2D eigenvalue weighted by Gasteiger charge is 2.19. The van der Waals surface area contributed by atoms with Gasteiger partial charge in [0.25, 0.3) is 0 Å². The number of carbonyl (C=O) groups excluding carboxylic acids is 3. The average molecular weight is 833 g/mol. The molecule has 0 aliphatic rings. The molecule has 0 N–H and O–H groups in total. The Labute approximate surface area is 367 Å². The van der Waals surface area contributed by atoms with Crippen molar-refractivity contribution in [2.45, 2.75) is 297 Å². The lowest BCUT2D eigenvalue weighted by Gasteiger charge is -2.18. The highest BCUT2D eigenvalue weighted by atomic mass is 16.6. The lowest BCUT2D eigenvalue weighted by atomic mass is 10.0. The molecule has 1 atom stereocenters. The summed E-state index contributed by atoms with van der Waals surface area (Å²) in [7, 11) is 0. The van der Waals surface area contributed by atoms with Crippen LogP contribution in [0.5, 0.6) is 0 Å². The molecule has 0 saturated carbocycles. The molecule has 0 heterocycles. The summed E-state index contributed by atoms with van der Waals surface area (Å²) in [5.74, 6) is -0.862. The lowest BCUT2D eigenvalue weighted by molar-refractivity contribution is -0.167. The SMILES string of the molecule is CCCCCCCCCC/C=C\CCCCCCCCCCCCCCCC(=O)OCC(COC(=O)CCCCCCCCCC)OC(=O)CCCCCCCCCC. The zero-order chi connectivity index (χ0) is 43.0. The summed E-state index contributed by atoms with van der Waals surface area (Å²) in [6, 6.07) is 0. The summed E-state index contributed by atoms with van der Waals surface area (Å²) < 4.78 is 16.7. The van der Waals surface area contributed by atoms with Gasteiger partial charge in [-0.2, -0.15) is 0 Å². The molecule has 1 unspecified atom stereocenters. The van der Waals surface area contributed by atoms with E-state index in [0.29, 0.717) is 19.3 Å². The van der Waals surface area contributed by atoms with Gasteiger partial charge < -0.3 is 14.2 Å². The Bertz CT molecular complexity index is 916. The minimum absolute atomic E-state index is 0.0656. The lowest BCUT2D eigenvalue weighted by Crippen LogP contribution is -2.30. The van der Waals surface area contributed by atoms with Gasteiger partial charge in [-0.15, -0.1) is 0 Å². The maximum atomic E-state index is 12.6. The Balaban J connectivity index is 4.01. The second-order valence-electron chi connectivity index (χ2n) is 17.8. The summed E-state index contributed by atoms with van der Waals surface area (Å²) >= 11 is 0. The molecule has 0 amide bonds. The normalized spacial score (nSPS) is 12.0. The van der Waals surface area contributed by atoms with Gasteiger partial charge in [0, 0.05) is 19.3 Å². The fourth-order valence-electron chi connectivity index (χ4n) is 7.79.